The predicted molar refractivity (Wildman–Crippen MR) is 284 cm³/mol. The molecule has 0 saturated heterocycles. The van der Waals surface area contributed by atoms with Gasteiger partial charge in [-0.05, 0) is 122 Å². The van der Waals surface area contributed by atoms with Gasteiger partial charge in [0.05, 0.1) is 25.3 Å². The molecule has 392 valence electrons. The summed E-state index contributed by atoms with van der Waals surface area (Å²) in [4.78, 5) is 14.4. The van der Waals surface area contributed by atoms with Crippen molar-refractivity contribution in [2.45, 2.75) is 100 Å². The summed E-state index contributed by atoms with van der Waals surface area (Å²) in [7, 11) is -13.7. The second-order valence-electron chi connectivity index (χ2n) is 19.7. The summed E-state index contributed by atoms with van der Waals surface area (Å²) in [6.45, 7) is 11.5. The largest absolute Gasteiger partial charge is 1.00 e. The molecule has 17 nitrogen and oxygen atoms in total. The fraction of sp³-hybridized carbons (Fsp3) is 0.309. The number of rotatable bonds is 20. The van der Waals surface area contributed by atoms with Crippen molar-refractivity contribution in [3.8, 4) is 11.4 Å². The molecule has 0 fully saturated rings. The number of aryl methyl sites for hydroxylation is 1. The van der Waals surface area contributed by atoms with Crippen LogP contribution in [0.15, 0.2) is 143 Å². The van der Waals surface area contributed by atoms with Crippen LogP contribution >= 0.6 is 0 Å². The van der Waals surface area contributed by atoms with Gasteiger partial charge in [-0.2, -0.15) is 4.58 Å². The van der Waals surface area contributed by atoms with E-state index in [1.807, 2.05) is 92.8 Å². The van der Waals surface area contributed by atoms with Crippen molar-refractivity contribution in [3.05, 3.63) is 156 Å². The molecular weight excluding hydrogens is 1060 g/mol. The van der Waals surface area contributed by atoms with Gasteiger partial charge in [-0.25, -0.2) is 25.3 Å². The van der Waals surface area contributed by atoms with Crippen LogP contribution in [-0.2, 0) is 52.5 Å². The third-order valence-corrected chi connectivity index (χ3v) is 16.2. The number of hydrogen-bond acceptors (Lipinski definition) is 15. The summed E-state index contributed by atoms with van der Waals surface area (Å²) in [5.74, 6) is 0.381. The van der Waals surface area contributed by atoms with Gasteiger partial charge in [-0.1, -0.05) is 86.7 Å². The maximum Gasteiger partial charge on any atom is 1.00 e. The van der Waals surface area contributed by atoms with E-state index in [1.54, 1.807) is 25.1 Å². The van der Waals surface area contributed by atoms with Gasteiger partial charge in [-0.3, -0.25) is 4.79 Å². The van der Waals surface area contributed by atoms with Crippen LogP contribution in [-0.4, -0.2) is 94.3 Å². The molecule has 0 saturated carbocycles. The first-order valence-electron chi connectivity index (χ1n) is 24.5. The summed E-state index contributed by atoms with van der Waals surface area (Å²) in [6.07, 6.45) is 16.8. The van der Waals surface area contributed by atoms with Crippen molar-refractivity contribution in [2.24, 2.45) is 0 Å². The Kier molecular flexibility index (Phi) is 20.0. The van der Waals surface area contributed by atoms with E-state index in [2.05, 4.69) is 55.1 Å². The molecule has 0 bridgehead atoms. The summed E-state index contributed by atoms with van der Waals surface area (Å²) in [5, 5.41) is 21.9. The number of nitrogens with one attached hydrogen (secondary N) is 1. The van der Waals surface area contributed by atoms with Gasteiger partial charge in [-0.15, -0.1) is 20.4 Å². The molecule has 6 aromatic rings. The van der Waals surface area contributed by atoms with Crippen molar-refractivity contribution in [3.63, 3.8) is 0 Å². The van der Waals surface area contributed by atoms with E-state index in [0.29, 0.717) is 61.3 Å². The molecule has 22 heteroatoms. The van der Waals surface area contributed by atoms with Gasteiger partial charge in [0.1, 0.15) is 26.8 Å². The minimum absolute atomic E-state index is 0. The van der Waals surface area contributed by atoms with E-state index in [0.717, 1.165) is 68.7 Å². The van der Waals surface area contributed by atoms with Gasteiger partial charge in [0.15, 0.2) is 11.5 Å². The number of allylic oxidation sites excluding steroid dienone is 8. The SMILES string of the molecule is Cc1nnc(-c2ccc(CNC(=O)CCCCC[N+]3=C(/C=C/C=C/C=C/C=C4/N(CCCCS(=O)(=O)[O-])c5ccc6cc(S(=O)(=O)[O-])ccc6c5C4(C)C)C(C)(C)c4c3ccc3cc(S(=O)(=O)[O-])ccc43)cc2)nn1.[Na+].[Na+]. The number of hydrogen-bond donors (Lipinski definition) is 1. The smallest absolute Gasteiger partial charge is 0.748 e. The van der Waals surface area contributed by atoms with Crippen molar-refractivity contribution in [1.29, 1.82) is 0 Å². The van der Waals surface area contributed by atoms with Crippen molar-refractivity contribution < 1.29 is 107 Å². The maximum absolute atomic E-state index is 12.9. The van der Waals surface area contributed by atoms with Gasteiger partial charge in [0, 0.05) is 71.8 Å². The zero-order chi connectivity index (χ0) is 53.9. The van der Waals surface area contributed by atoms with Crippen LogP contribution in [0.2, 0.25) is 0 Å². The fourth-order valence-electron chi connectivity index (χ4n) is 10.2. The van der Waals surface area contributed by atoms with Crippen LogP contribution in [0.1, 0.15) is 88.7 Å². The van der Waals surface area contributed by atoms with E-state index in [1.165, 1.54) is 24.3 Å². The Bertz CT molecular complexity index is 3720. The van der Waals surface area contributed by atoms with Crippen LogP contribution in [0.25, 0.3) is 32.9 Å². The number of nitrogens with zero attached hydrogens (tertiary/aromatic N) is 6. The standard InChI is InChI=1S/C55H59N7O10S3.2Na/c1-37-57-59-53(60-58-37)39-21-19-38(20-22-39)36-56-50(63)18-12-9-13-31-61-46-29-23-40-34-42(74(67,68)69)25-27-44(40)51(46)54(2,3)48(61)16-10-7-6-8-11-17-49-55(4,5)52-45-28-26-43(75(70,71)72)35-41(45)24-30-47(52)62(49)32-14-15-33-73(64,65)66;;/h6-8,10-11,16-17,19-30,34-35H,9,12-15,18,31-33,36H2,1-5H3,(H3-,56,63,64,65,66,67,68,69,70,71,72);;/q;2*+1/p-2. The topological polar surface area (TPSA) is 259 Å². The maximum atomic E-state index is 12.9. The number of benzene rings is 5. The van der Waals surface area contributed by atoms with E-state index < -0.39 is 46.9 Å². The number of unbranched alkanes of at least 4 members (excludes halogenated alkanes) is 3. The quantitative estimate of drug-likeness (QED) is 0.0378. The van der Waals surface area contributed by atoms with Crippen molar-refractivity contribution in [2.75, 3.05) is 23.7 Å². The molecule has 0 spiro atoms. The molecule has 77 heavy (non-hydrogen) atoms. The fourth-order valence-corrected chi connectivity index (χ4v) is 11.7. The Hall–Kier alpha value is -4.81. The van der Waals surface area contributed by atoms with Crippen LogP contribution in [0, 0.1) is 6.92 Å². The zero-order valence-electron chi connectivity index (χ0n) is 44.2. The van der Waals surface area contributed by atoms with E-state index in [4.69, 9.17) is 0 Å². The Labute approximate surface area is 494 Å². The average Bonchev–Trinajstić information content (AvgIpc) is 3.93. The van der Waals surface area contributed by atoms with Gasteiger partial charge in [0.25, 0.3) is 0 Å². The monoisotopic (exact) mass is 1120 g/mol. The van der Waals surface area contributed by atoms with Gasteiger partial charge in [0.2, 0.25) is 17.4 Å². The minimum atomic E-state index is -4.68. The summed E-state index contributed by atoms with van der Waals surface area (Å²) in [5.41, 5.74) is 6.19. The number of fused-ring (bicyclic) bond motifs is 6. The molecular formula is C55H57N7Na2O10S3. The molecule has 1 N–H and O–H groups in total. The molecule has 0 aliphatic carbocycles. The van der Waals surface area contributed by atoms with E-state index >= 15 is 0 Å². The molecule has 0 atom stereocenters. The average molecular weight is 1120 g/mol. The zero-order valence-corrected chi connectivity index (χ0v) is 50.6. The third-order valence-electron chi connectivity index (χ3n) is 13.8. The van der Waals surface area contributed by atoms with Crippen LogP contribution < -0.4 is 69.3 Å². The Morgan fingerprint density at radius 2 is 1.26 bits per heavy atom. The molecule has 1 amide bonds. The molecule has 3 heterocycles. The normalized spacial score (nSPS) is 15.7. The number of aromatic nitrogens is 4. The minimum Gasteiger partial charge on any atom is -0.748 e. The second-order valence-corrected chi connectivity index (χ2v) is 24.0. The molecule has 0 radical (unpaired) electrons. The molecule has 5 aromatic carbocycles. The second kappa shape index (κ2) is 25.1. The van der Waals surface area contributed by atoms with Crippen molar-refractivity contribution >= 4 is 74.9 Å². The third kappa shape index (κ3) is 14.3. The predicted octanol–water partition coefficient (Wildman–Crippen LogP) is 2.29. The first-order valence-corrected chi connectivity index (χ1v) is 28.9. The Morgan fingerprint density at radius 1 is 0.662 bits per heavy atom. The van der Waals surface area contributed by atoms with E-state index in [9.17, 15) is 43.7 Å². The molecule has 1 aromatic heterocycles. The summed E-state index contributed by atoms with van der Waals surface area (Å²) < 4.78 is 108. The molecule has 2 aliphatic rings. The number of anilines is 1. The van der Waals surface area contributed by atoms with Crippen LogP contribution in [0.5, 0.6) is 0 Å². The number of amides is 1. The summed E-state index contributed by atoms with van der Waals surface area (Å²) in [6, 6.07) is 23.8. The van der Waals surface area contributed by atoms with Crippen LogP contribution in [0.3, 0.4) is 0 Å². The number of carbonyl (C=O) groups excluding carboxylic acids is 1. The van der Waals surface area contributed by atoms with Gasteiger partial charge < -0.3 is 23.9 Å². The summed E-state index contributed by atoms with van der Waals surface area (Å²) >= 11 is 0. The molecule has 8 rings (SSSR count). The first kappa shape index (κ1) is 61.4. The first-order chi connectivity index (χ1) is 35.4. The number of carbonyl (C=O) groups is 1. The van der Waals surface area contributed by atoms with E-state index in [-0.39, 0.29) is 81.2 Å². The molecule has 2 aliphatic heterocycles. The van der Waals surface area contributed by atoms with Crippen molar-refractivity contribution in [1.82, 2.24) is 25.7 Å². The Morgan fingerprint density at radius 3 is 1.88 bits per heavy atom. The Balaban J connectivity index is 0.00000480. The molecule has 0 unspecified atom stereocenters. The van der Waals surface area contributed by atoms with Gasteiger partial charge >= 0.3 is 59.1 Å². The van der Waals surface area contributed by atoms with Crippen LogP contribution in [0.4, 0.5) is 11.4 Å².